The summed E-state index contributed by atoms with van der Waals surface area (Å²) in [5.41, 5.74) is 3.89. The first-order valence-corrected chi connectivity index (χ1v) is 6.65. The number of rotatable bonds is 6. The maximum atomic E-state index is 4.49. The predicted octanol–water partition coefficient (Wildman–Crippen LogP) is 2.60. The molecule has 0 spiro atoms. The Bertz CT molecular complexity index is 355. The summed E-state index contributed by atoms with van der Waals surface area (Å²) in [6.45, 7) is 8.86. The van der Waals surface area contributed by atoms with Crippen molar-refractivity contribution in [3.63, 3.8) is 0 Å². The molecule has 1 aromatic rings. The van der Waals surface area contributed by atoms with Crippen molar-refractivity contribution in [2.75, 3.05) is 7.05 Å². The zero-order valence-electron chi connectivity index (χ0n) is 12.2. The summed E-state index contributed by atoms with van der Waals surface area (Å²) < 4.78 is 1.99. The van der Waals surface area contributed by atoms with Gasteiger partial charge in [-0.3, -0.25) is 4.68 Å². The third kappa shape index (κ3) is 3.56. The van der Waals surface area contributed by atoms with Crippen LogP contribution >= 0.6 is 0 Å². The van der Waals surface area contributed by atoms with Crippen LogP contribution in [0, 0.1) is 19.8 Å². The van der Waals surface area contributed by atoms with E-state index in [0.717, 1.165) is 12.3 Å². The summed E-state index contributed by atoms with van der Waals surface area (Å²) in [4.78, 5) is 0. The van der Waals surface area contributed by atoms with E-state index in [0.29, 0.717) is 6.04 Å². The molecule has 0 aliphatic carbocycles. The summed E-state index contributed by atoms with van der Waals surface area (Å²) in [7, 11) is 4.09. The second-order valence-electron chi connectivity index (χ2n) is 5.21. The molecule has 0 amide bonds. The van der Waals surface area contributed by atoms with Crippen molar-refractivity contribution in [1.29, 1.82) is 0 Å². The zero-order valence-corrected chi connectivity index (χ0v) is 12.2. The average Bonchev–Trinajstić information content (AvgIpc) is 2.54. The topological polar surface area (TPSA) is 29.9 Å². The normalized spacial score (nSPS) is 14.9. The van der Waals surface area contributed by atoms with Crippen LogP contribution in [0.5, 0.6) is 0 Å². The van der Waals surface area contributed by atoms with E-state index in [1.165, 1.54) is 29.8 Å². The first kappa shape index (κ1) is 14.2. The molecule has 0 aliphatic heterocycles. The summed E-state index contributed by atoms with van der Waals surface area (Å²) >= 11 is 0. The summed E-state index contributed by atoms with van der Waals surface area (Å²) in [5.74, 6) is 0.782. The van der Waals surface area contributed by atoms with E-state index < -0.39 is 0 Å². The van der Waals surface area contributed by atoms with Crippen molar-refractivity contribution < 1.29 is 0 Å². The Balaban J connectivity index is 2.73. The van der Waals surface area contributed by atoms with Crippen molar-refractivity contribution in [3.05, 3.63) is 17.0 Å². The van der Waals surface area contributed by atoms with E-state index in [4.69, 9.17) is 0 Å². The second-order valence-corrected chi connectivity index (χ2v) is 5.21. The van der Waals surface area contributed by atoms with Crippen LogP contribution in [0.1, 0.15) is 43.6 Å². The molecule has 0 saturated heterocycles. The largest absolute Gasteiger partial charge is 0.317 e. The lowest BCUT2D eigenvalue weighted by Crippen LogP contribution is -2.29. The van der Waals surface area contributed by atoms with Crippen molar-refractivity contribution in [1.82, 2.24) is 15.1 Å². The van der Waals surface area contributed by atoms with Crippen LogP contribution in [0.4, 0.5) is 0 Å². The van der Waals surface area contributed by atoms with E-state index in [1.807, 2.05) is 11.7 Å². The van der Waals surface area contributed by atoms with Crippen molar-refractivity contribution in [3.8, 4) is 0 Å². The first-order chi connectivity index (χ1) is 7.99. The number of likely N-dealkylation sites (N-methyl/N-ethyl adjacent to an activating group) is 1. The van der Waals surface area contributed by atoms with Gasteiger partial charge in [-0.15, -0.1) is 0 Å². The minimum absolute atomic E-state index is 0.562. The smallest absolute Gasteiger partial charge is 0.0628 e. The number of aromatic nitrogens is 2. The lowest BCUT2D eigenvalue weighted by molar-refractivity contribution is 0.409. The average molecular weight is 237 g/mol. The van der Waals surface area contributed by atoms with Crippen molar-refractivity contribution in [2.45, 2.75) is 53.0 Å². The highest BCUT2D eigenvalue weighted by Crippen LogP contribution is 2.18. The van der Waals surface area contributed by atoms with Gasteiger partial charge in [0, 0.05) is 18.8 Å². The molecule has 0 saturated carbocycles. The van der Waals surface area contributed by atoms with Crippen LogP contribution in [0.25, 0.3) is 0 Å². The Kier molecular flexibility index (Phi) is 5.19. The monoisotopic (exact) mass is 237 g/mol. The highest BCUT2D eigenvalue weighted by molar-refractivity contribution is 5.25. The lowest BCUT2D eigenvalue weighted by Gasteiger charge is -2.20. The summed E-state index contributed by atoms with van der Waals surface area (Å²) in [6, 6.07) is 0.562. The number of nitrogens with one attached hydrogen (secondary N) is 1. The molecule has 3 heteroatoms. The molecule has 17 heavy (non-hydrogen) atoms. The Morgan fingerprint density at radius 3 is 2.41 bits per heavy atom. The molecule has 3 nitrogen and oxygen atoms in total. The molecular formula is C14H27N3. The fourth-order valence-electron chi connectivity index (χ4n) is 2.31. The molecule has 1 N–H and O–H groups in total. The van der Waals surface area contributed by atoms with Gasteiger partial charge < -0.3 is 5.32 Å². The Hall–Kier alpha value is -0.830. The van der Waals surface area contributed by atoms with E-state index in [9.17, 15) is 0 Å². The van der Waals surface area contributed by atoms with Gasteiger partial charge in [0.1, 0.15) is 0 Å². The summed E-state index contributed by atoms with van der Waals surface area (Å²) in [6.07, 6.45) is 3.58. The van der Waals surface area contributed by atoms with Crippen LogP contribution in [0.3, 0.4) is 0 Å². The van der Waals surface area contributed by atoms with Gasteiger partial charge in [-0.25, -0.2) is 0 Å². The minimum Gasteiger partial charge on any atom is -0.317 e. The molecule has 2 unspecified atom stereocenters. The molecule has 0 radical (unpaired) electrons. The van der Waals surface area contributed by atoms with Crippen molar-refractivity contribution >= 4 is 0 Å². The molecule has 1 aromatic heterocycles. The predicted molar refractivity (Wildman–Crippen MR) is 73.3 cm³/mol. The molecule has 98 valence electrons. The van der Waals surface area contributed by atoms with Crippen molar-refractivity contribution in [2.24, 2.45) is 13.0 Å². The highest BCUT2D eigenvalue weighted by Gasteiger charge is 2.16. The van der Waals surface area contributed by atoms with Crippen LogP contribution in [-0.2, 0) is 13.5 Å². The molecule has 0 bridgehead atoms. The van der Waals surface area contributed by atoms with E-state index >= 15 is 0 Å². The van der Waals surface area contributed by atoms with Gasteiger partial charge >= 0.3 is 0 Å². The molecule has 1 heterocycles. The number of nitrogens with zero attached hydrogens (tertiary/aromatic N) is 2. The SMILES string of the molecule is CCC(C)CC(Cc1c(C)nn(C)c1C)NC. The van der Waals surface area contributed by atoms with Gasteiger partial charge in [-0.2, -0.15) is 5.10 Å². The van der Waals surface area contributed by atoms with Gasteiger partial charge in [0.2, 0.25) is 0 Å². The maximum Gasteiger partial charge on any atom is 0.0628 e. The Morgan fingerprint density at radius 1 is 1.35 bits per heavy atom. The van der Waals surface area contributed by atoms with Crippen LogP contribution in [0.15, 0.2) is 0 Å². The third-order valence-electron chi connectivity index (χ3n) is 3.90. The summed E-state index contributed by atoms with van der Waals surface area (Å²) in [5, 5.41) is 7.93. The van der Waals surface area contributed by atoms with Gasteiger partial charge in [0.05, 0.1) is 5.69 Å². The van der Waals surface area contributed by atoms with Crippen LogP contribution < -0.4 is 5.32 Å². The van der Waals surface area contributed by atoms with Gasteiger partial charge in [0.15, 0.2) is 0 Å². The quantitative estimate of drug-likeness (QED) is 0.824. The molecule has 0 fully saturated rings. The molecule has 0 aromatic carbocycles. The Labute approximate surface area is 106 Å². The van der Waals surface area contributed by atoms with Gasteiger partial charge in [-0.05, 0) is 45.2 Å². The maximum absolute atomic E-state index is 4.49. The highest BCUT2D eigenvalue weighted by atomic mass is 15.3. The fraction of sp³-hybridized carbons (Fsp3) is 0.786. The van der Waals surface area contributed by atoms with Gasteiger partial charge in [0.25, 0.3) is 0 Å². The van der Waals surface area contributed by atoms with E-state index in [1.54, 1.807) is 0 Å². The number of aryl methyl sites for hydroxylation is 2. The van der Waals surface area contributed by atoms with Gasteiger partial charge in [-0.1, -0.05) is 20.3 Å². The number of hydrogen-bond donors (Lipinski definition) is 1. The Morgan fingerprint density at radius 2 is 2.00 bits per heavy atom. The third-order valence-corrected chi connectivity index (χ3v) is 3.90. The lowest BCUT2D eigenvalue weighted by atomic mass is 9.94. The molecule has 0 aliphatic rings. The second kappa shape index (κ2) is 6.20. The van der Waals surface area contributed by atoms with E-state index in [-0.39, 0.29) is 0 Å². The number of hydrogen-bond acceptors (Lipinski definition) is 2. The van der Waals surface area contributed by atoms with E-state index in [2.05, 4.69) is 45.2 Å². The standard InChI is InChI=1S/C14H27N3/c1-7-10(2)8-13(15-5)9-14-11(3)16-17(6)12(14)4/h10,13,15H,7-9H2,1-6H3. The molecule has 1 rings (SSSR count). The first-order valence-electron chi connectivity index (χ1n) is 6.65. The van der Waals surface area contributed by atoms with Crippen LogP contribution in [-0.4, -0.2) is 22.9 Å². The molecular weight excluding hydrogens is 210 g/mol. The van der Waals surface area contributed by atoms with Crippen LogP contribution in [0.2, 0.25) is 0 Å². The fourth-order valence-corrected chi connectivity index (χ4v) is 2.31. The molecule has 2 atom stereocenters. The zero-order chi connectivity index (χ0) is 13.0. The minimum atomic E-state index is 0.562.